The lowest BCUT2D eigenvalue weighted by atomic mass is 10.1. The van der Waals surface area contributed by atoms with Crippen molar-refractivity contribution in [3.63, 3.8) is 0 Å². The van der Waals surface area contributed by atoms with Crippen LogP contribution in [0.5, 0.6) is 5.75 Å². The van der Waals surface area contributed by atoms with Gasteiger partial charge in [-0.15, -0.1) is 0 Å². The Hall–Kier alpha value is -1.10. The summed E-state index contributed by atoms with van der Waals surface area (Å²) in [5.74, 6) is 0.587. The van der Waals surface area contributed by atoms with E-state index >= 15 is 0 Å². The summed E-state index contributed by atoms with van der Waals surface area (Å²) in [4.78, 5) is 13.3. The van der Waals surface area contributed by atoms with Crippen LogP contribution in [0, 0.1) is 0 Å². The van der Waals surface area contributed by atoms with Gasteiger partial charge in [-0.2, -0.15) is 0 Å². The zero-order chi connectivity index (χ0) is 15.9. The predicted molar refractivity (Wildman–Crippen MR) is 87.4 cm³/mol. The molecular weight excluding hydrogens is 302 g/mol. The Morgan fingerprint density at radius 1 is 1.27 bits per heavy atom. The van der Waals surface area contributed by atoms with Crippen LogP contribution in [0.2, 0.25) is 5.02 Å². The molecule has 1 saturated heterocycles. The lowest BCUT2D eigenvalue weighted by Crippen LogP contribution is -2.30. The molecule has 1 heterocycles. The van der Waals surface area contributed by atoms with Gasteiger partial charge in [-0.25, -0.2) is 0 Å². The first-order valence-corrected chi connectivity index (χ1v) is 8.32. The standard InChI is InChI=1S/C9H15NO.C8H9ClO2/c11-9-5-6-10(7-9)8-3-1-2-4-8;9-7-2-1-3-8(11)6(7)4-5-10/h8H,1-7H2;1-3,10-11H,4-5H2. The molecule has 2 aliphatic rings. The van der Waals surface area contributed by atoms with Gasteiger partial charge in [0.1, 0.15) is 11.5 Å². The third-order valence-corrected chi connectivity index (χ3v) is 4.71. The molecule has 0 spiro atoms. The highest BCUT2D eigenvalue weighted by Crippen LogP contribution is 2.26. The first-order valence-electron chi connectivity index (χ1n) is 7.94. The summed E-state index contributed by atoms with van der Waals surface area (Å²) in [6.07, 6.45) is 6.59. The number of aromatic hydroxyl groups is 1. The second kappa shape index (κ2) is 8.51. The van der Waals surface area contributed by atoms with Crippen LogP contribution in [-0.4, -0.2) is 46.6 Å². The van der Waals surface area contributed by atoms with E-state index < -0.39 is 0 Å². The van der Waals surface area contributed by atoms with E-state index in [1.54, 1.807) is 18.2 Å². The number of nitrogens with zero attached hydrogens (tertiary/aromatic N) is 1. The van der Waals surface area contributed by atoms with Gasteiger partial charge in [0.25, 0.3) is 0 Å². The van der Waals surface area contributed by atoms with E-state index in [1.165, 1.54) is 25.7 Å². The summed E-state index contributed by atoms with van der Waals surface area (Å²) in [6.45, 7) is 1.77. The maximum absolute atomic E-state index is 11.0. The number of carbonyl (C=O) groups excluding carboxylic acids is 1. The molecule has 1 saturated carbocycles. The summed E-state index contributed by atoms with van der Waals surface area (Å²) in [5, 5.41) is 18.3. The van der Waals surface area contributed by atoms with E-state index in [-0.39, 0.29) is 12.4 Å². The highest BCUT2D eigenvalue weighted by molar-refractivity contribution is 6.31. The molecule has 22 heavy (non-hydrogen) atoms. The van der Waals surface area contributed by atoms with Gasteiger partial charge in [0, 0.05) is 42.6 Å². The Bertz CT molecular complexity index is 480. The van der Waals surface area contributed by atoms with Gasteiger partial charge >= 0.3 is 0 Å². The average Bonchev–Trinajstić information content (AvgIpc) is 3.15. The van der Waals surface area contributed by atoms with Crippen LogP contribution in [0.4, 0.5) is 0 Å². The van der Waals surface area contributed by atoms with Crippen molar-refractivity contribution in [3.8, 4) is 5.75 Å². The molecule has 0 unspecified atom stereocenters. The van der Waals surface area contributed by atoms with E-state index in [0.29, 0.717) is 22.8 Å². The molecule has 4 nitrogen and oxygen atoms in total. The Labute approximate surface area is 136 Å². The molecule has 1 aromatic rings. The summed E-state index contributed by atoms with van der Waals surface area (Å²) in [6, 6.07) is 5.66. The molecule has 2 fully saturated rings. The number of phenols is 1. The zero-order valence-corrected chi connectivity index (χ0v) is 13.6. The molecular formula is C17H24ClNO3. The van der Waals surface area contributed by atoms with Crippen molar-refractivity contribution in [1.29, 1.82) is 0 Å². The van der Waals surface area contributed by atoms with Gasteiger partial charge in [-0.05, 0) is 25.0 Å². The van der Waals surface area contributed by atoms with Crippen molar-refractivity contribution < 1.29 is 15.0 Å². The second-order valence-corrected chi connectivity index (χ2v) is 6.32. The number of aliphatic hydroxyl groups excluding tert-OH is 1. The van der Waals surface area contributed by atoms with E-state index in [4.69, 9.17) is 16.7 Å². The summed E-state index contributed by atoms with van der Waals surface area (Å²) in [7, 11) is 0. The van der Waals surface area contributed by atoms with Crippen LogP contribution < -0.4 is 0 Å². The first kappa shape index (κ1) is 17.3. The molecule has 0 radical (unpaired) electrons. The van der Waals surface area contributed by atoms with Gasteiger partial charge in [0.2, 0.25) is 0 Å². The Morgan fingerprint density at radius 3 is 2.55 bits per heavy atom. The van der Waals surface area contributed by atoms with Crippen molar-refractivity contribution in [3.05, 3.63) is 28.8 Å². The molecule has 5 heteroatoms. The second-order valence-electron chi connectivity index (χ2n) is 5.91. The molecule has 1 aliphatic heterocycles. The Balaban J connectivity index is 0.000000160. The van der Waals surface area contributed by atoms with Crippen LogP contribution in [-0.2, 0) is 11.2 Å². The molecule has 0 amide bonds. The number of aliphatic hydroxyl groups is 1. The van der Waals surface area contributed by atoms with E-state index in [9.17, 15) is 9.90 Å². The maximum atomic E-state index is 11.0. The number of halogens is 1. The normalized spacial score (nSPS) is 19.3. The lowest BCUT2D eigenvalue weighted by Gasteiger charge is -2.21. The van der Waals surface area contributed by atoms with Crippen molar-refractivity contribution in [2.45, 2.75) is 44.6 Å². The number of Topliss-reactive ketones (excluding diaryl/α,β-unsaturated/α-hetero) is 1. The van der Waals surface area contributed by atoms with Crippen molar-refractivity contribution in [1.82, 2.24) is 4.90 Å². The molecule has 0 aromatic heterocycles. The molecule has 3 rings (SSSR count). The van der Waals surface area contributed by atoms with E-state index in [2.05, 4.69) is 4.90 Å². The largest absolute Gasteiger partial charge is 0.508 e. The molecule has 0 bridgehead atoms. The summed E-state index contributed by atoms with van der Waals surface area (Å²) in [5.41, 5.74) is 0.608. The van der Waals surface area contributed by atoms with Crippen molar-refractivity contribution in [2.24, 2.45) is 0 Å². The monoisotopic (exact) mass is 325 g/mol. The highest BCUT2D eigenvalue weighted by Gasteiger charge is 2.28. The molecule has 122 valence electrons. The maximum Gasteiger partial charge on any atom is 0.148 e. The lowest BCUT2D eigenvalue weighted by molar-refractivity contribution is -0.117. The average molecular weight is 326 g/mol. The van der Waals surface area contributed by atoms with Crippen LogP contribution in [0.25, 0.3) is 0 Å². The summed E-state index contributed by atoms with van der Waals surface area (Å²) < 4.78 is 0. The minimum absolute atomic E-state index is 0.00269. The molecule has 1 aliphatic carbocycles. The third kappa shape index (κ3) is 4.70. The minimum atomic E-state index is -0.00269. The zero-order valence-electron chi connectivity index (χ0n) is 12.8. The van der Waals surface area contributed by atoms with Gasteiger partial charge in [-0.3, -0.25) is 9.69 Å². The third-order valence-electron chi connectivity index (χ3n) is 4.35. The van der Waals surface area contributed by atoms with Gasteiger partial charge in [0.15, 0.2) is 0 Å². The molecule has 2 N–H and O–H groups in total. The van der Waals surface area contributed by atoms with E-state index in [1.807, 2.05) is 0 Å². The highest BCUT2D eigenvalue weighted by atomic mass is 35.5. The predicted octanol–water partition coefficient (Wildman–Crippen LogP) is 2.78. The Kier molecular flexibility index (Phi) is 6.68. The van der Waals surface area contributed by atoms with Crippen molar-refractivity contribution in [2.75, 3.05) is 19.7 Å². The fourth-order valence-electron chi connectivity index (χ4n) is 3.14. The van der Waals surface area contributed by atoms with Gasteiger partial charge in [0.05, 0.1) is 6.54 Å². The fraction of sp³-hybridized carbons (Fsp3) is 0.588. The Morgan fingerprint density at radius 2 is 2.00 bits per heavy atom. The molecule has 1 aromatic carbocycles. The number of benzene rings is 1. The van der Waals surface area contributed by atoms with Crippen LogP contribution in [0.3, 0.4) is 0 Å². The SMILES string of the molecule is O=C1CCN(C2CCCC2)C1.OCCc1c(O)cccc1Cl. The number of likely N-dealkylation sites (tertiary alicyclic amines) is 1. The number of hydrogen-bond donors (Lipinski definition) is 2. The van der Waals surface area contributed by atoms with Crippen LogP contribution in [0.15, 0.2) is 18.2 Å². The van der Waals surface area contributed by atoms with Crippen LogP contribution in [0.1, 0.15) is 37.7 Å². The number of ketones is 1. The topological polar surface area (TPSA) is 60.8 Å². The smallest absolute Gasteiger partial charge is 0.148 e. The van der Waals surface area contributed by atoms with Crippen LogP contribution >= 0.6 is 11.6 Å². The number of hydrogen-bond acceptors (Lipinski definition) is 4. The van der Waals surface area contributed by atoms with E-state index in [0.717, 1.165) is 25.6 Å². The number of phenolic OH excluding ortho intramolecular Hbond substituents is 1. The number of carbonyl (C=O) groups is 1. The van der Waals surface area contributed by atoms with Crippen molar-refractivity contribution >= 4 is 17.4 Å². The molecule has 0 atom stereocenters. The minimum Gasteiger partial charge on any atom is -0.508 e. The fourth-order valence-corrected chi connectivity index (χ4v) is 3.40. The summed E-state index contributed by atoms with van der Waals surface area (Å²) >= 11 is 5.74. The first-order chi connectivity index (χ1) is 10.6. The van der Waals surface area contributed by atoms with Gasteiger partial charge in [-0.1, -0.05) is 30.5 Å². The quantitative estimate of drug-likeness (QED) is 0.897. The number of rotatable bonds is 3. The van der Waals surface area contributed by atoms with Gasteiger partial charge < -0.3 is 10.2 Å².